The molecular formula is C32H35F3N6O4. The maximum absolute atomic E-state index is 13.7. The maximum atomic E-state index is 13.7. The second-order valence-electron chi connectivity index (χ2n) is 10.8. The van der Waals surface area contributed by atoms with Crippen molar-refractivity contribution in [1.29, 1.82) is 0 Å². The lowest BCUT2D eigenvalue weighted by Gasteiger charge is -2.40. The van der Waals surface area contributed by atoms with Crippen molar-refractivity contribution >= 4 is 23.5 Å². The van der Waals surface area contributed by atoms with Gasteiger partial charge < -0.3 is 20.3 Å². The number of ether oxygens (including phenoxy) is 1. The lowest BCUT2D eigenvalue weighted by molar-refractivity contribution is -0.137. The van der Waals surface area contributed by atoms with Crippen LogP contribution >= 0.6 is 0 Å². The van der Waals surface area contributed by atoms with Crippen molar-refractivity contribution in [1.82, 2.24) is 25.1 Å². The zero-order chi connectivity index (χ0) is 32.9. The predicted octanol–water partition coefficient (Wildman–Crippen LogP) is 4.56. The molecule has 1 unspecified atom stereocenters. The molecule has 1 aliphatic heterocycles. The molecule has 0 radical (unpaired) electrons. The zero-order valence-corrected chi connectivity index (χ0v) is 25.4. The molecule has 238 valence electrons. The Morgan fingerprint density at radius 1 is 1.07 bits per heavy atom. The average Bonchev–Trinajstić information content (AvgIpc) is 3.01. The van der Waals surface area contributed by atoms with E-state index in [0.29, 0.717) is 31.0 Å². The molecule has 13 heteroatoms. The third kappa shape index (κ3) is 7.85. The number of rotatable bonds is 9. The normalized spacial score (nSPS) is 16.1. The number of anilines is 1. The molecule has 4 rings (SSSR count). The number of carbonyl (C=O) groups excluding carboxylic acids is 3. The molecule has 2 aromatic heterocycles. The highest BCUT2D eigenvalue weighted by molar-refractivity contribution is 6.07. The lowest BCUT2D eigenvalue weighted by atomic mass is 10.0. The smallest absolute Gasteiger partial charge is 0.416 e. The molecule has 0 saturated carbocycles. The first-order valence-corrected chi connectivity index (χ1v) is 14.3. The van der Waals surface area contributed by atoms with Crippen molar-refractivity contribution in [2.24, 2.45) is 0 Å². The Balaban J connectivity index is 1.70. The largest absolute Gasteiger partial charge is 0.482 e. The highest BCUT2D eigenvalue weighted by atomic mass is 19.4. The summed E-state index contributed by atoms with van der Waals surface area (Å²) in [6, 6.07) is 8.03. The molecule has 0 aliphatic carbocycles. The minimum absolute atomic E-state index is 0.00929. The van der Waals surface area contributed by atoms with E-state index in [4.69, 9.17) is 4.74 Å². The second-order valence-corrected chi connectivity index (χ2v) is 10.8. The van der Waals surface area contributed by atoms with Gasteiger partial charge in [0, 0.05) is 57.2 Å². The van der Waals surface area contributed by atoms with Gasteiger partial charge >= 0.3 is 6.18 Å². The standard InChI is InChI=1S/C32H35F3N6O4/c1-6-28(42)41-13-12-40(17-21(41)4)18-27(25-15-22(9-11-37-25)32(33,34)35)45-26-14-20(3)23(16-24(26)30(43)36-5)31(44)39-29-19(2)8-7-10-38-29/h6-11,14-16,21,27H,1,12-13,17-18H2,2-5H3,(H,36,43)(H,38,39,44)/t21-,27?/m1/s1. The number of aryl methyl sites for hydroxylation is 2. The van der Waals surface area contributed by atoms with Gasteiger partial charge in [0.1, 0.15) is 11.6 Å². The zero-order valence-electron chi connectivity index (χ0n) is 25.4. The fraction of sp³-hybridized carbons (Fsp3) is 0.344. The summed E-state index contributed by atoms with van der Waals surface area (Å²) in [6.07, 6.45) is -1.80. The van der Waals surface area contributed by atoms with Crippen LogP contribution in [0.4, 0.5) is 19.0 Å². The van der Waals surface area contributed by atoms with Crippen LogP contribution in [0.1, 0.15) is 56.1 Å². The Bertz CT molecular complexity index is 1600. The Morgan fingerprint density at radius 2 is 1.82 bits per heavy atom. The second kappa shape index (κ2) is 13.9. The van der Waals surface area contributed by atoms with Crippen LogP contribution in [0.15, 0.2) is 61.4 Å². The number of hydrogen-bond donors (Lipinski definition) is 2. The fourth-order valence-electron chi connectivity index (χ4n) is 5.15. The Morgan fingerprint density at radius 3 is 2.47 bits per heavy atom. The summed E-state index contributed by atoms with van der Waals surface area (Å²) in [7, 11) is 1.42. The Kier molecular flexibility index (Phi) is 10.2. The van der Waals surface area contributed by atoms with E-state index >= 15 is 0 Å². The molecule has 3 heterocycles. The van der Waals surface area contributed by atoms with Gasteiger partial charge in [-0.05, 0) is 68.3 Å². The molecule has 45 heavy (non-hydrogen) atoms. The molecule has 2 N–H and O–H groups in total. The van der Waals surface area contributed by atoms with Gasteiger partial charge in [-0.1, -0.05) is 12.6 Å². The summed E-state index contributed by atoms with van der Waals surface area (Å²) in [6.45, 7) is 10.2. The first-order chi connectivity index (χ1) is 21.3. The third-order valence-electron chi connectivity index (χ3n) is 7.59. The number of carbonyl (C=O) groups is 3. The molecule has 1 aromatic carbocycles. The van der Waals surface area contributed by atoms with E-state index in [2.05, 4.69) is 27.2 Å². The number of nitrogens with zero attached hydrogens (tertiary/aromatic N) is 4. The van der Waals surface area contributed by atoms with Crippen molar-refractivity contribution in [2.75, 3.05) is 38.5 Å². The van der Waals surface area contributed by atoms with Crippen LogP contribution in [-0.2, 0) is 11.0 Å². The molecular weight excluding hydrogens is 589 g/mol. The van der Waals surface area contributed by atoms with Crippen molar-refractivity contribution in [3.8, 4) is 5.75 Å². The summed E-state index contributed by atoms with van der Waals surface area (Å²) in [5.41, 5.74) is 0.528. The number of pyridine rings is 2. The van der Waals surface area contributed by atoms with Gasteiger partial charge in [0.2, 0.25) is 5.91 Å². The highest BCUT2D eigenvalue weighted by Gasteiger charge is 2.34. The monoisotopic (exact) mass is 624 g/mol. The minimum Gasteiger partial charge on any atom is -0.482 e. The Labute approximate surface area is 259 Å². The number of benzene rings is 1. The molecule has 1 saturated heterocycles. The number of alkyl halides is 3. The number of amides is 3. The summed E-state index contributed by atoms with van der Waals surface area (Å²) in [5, 5.41) is 5.28. The quantitative estimate of drug-likeness (QED) is 0.335. The van der Waals surface area contributed by atoms with Crippen LogP contribution in [0.3, 0.4) is 0 Å². The maximum Gasteiger partial charge on any atom is 0.416 e. The van der Waals surface area contributed by atoms with E-state index in [1.54, 1.807) is 37.1 Å². The van der Waals surface area contributed by atoms with Gasteiger partial charge in [-0.25, -0.2) is 4.98 Å². The first-order valence-electron chi connectivity index (χ1n) is 14.3. The Hall–Kier alpha value is -4.78. The van der Waals surface area contributed by atoms with Gasteiger partial charge in [-0.2, -0.15) is 13.2 Å². The van der Waals surface area contributed by atoms with Crippen LogP contribution in [0.2, 0.25) is 0 Å². The van der Waals surface area contributed by atoms with E-state index in [1.807, 2.05) is 11.8 Å². The SMILES string of the molecule is C=CC(=O)N1CCN(CC(Oc2cc(C)c(C(=O)Nc3ncccc3C)cc2C(=O)NC)c2cc(C(F)(F)F)ccn2)C[C@H]1C. The third-order valence-corrected chi connectivity index (χ3v) is 7.59. The fourth-order valence-corrected chi connectivity index (χ4v) is 5.15. The van der Waals surface area contributed by atoms with Crippen LogP contribution < -0.4 is 15.4 Å². The molecule has 0 bridgehead atoms. The van der Waals surface area contributed by atoms with E-state index in [-0.39, 0.29) is 41.1 Å². The predicted molar refractivity (Wildman–Crippen MR) is 162 cm³/mol. The topological polar surface area (TPSA) is 117 Å². The number of nitrogens with one attached hydrogen (secondary N) is 2. The van der Waals surface area contributed by atoms with Gasteiger partial charge in [-0.15, -0.1) is 0 Å². The van der Waals surface area contributed by atoms with Crippen molar-refractivity contribution < 1.29 is 32.3 Å². The summed E-state index contributed by atoms with van der Waals surface area (Å²) in [5.74, 6) is -0.835. The van der Waals surface area contributed by atoms with Crippen LogP contribution in [0, 0.1) is 13.8 Å². The molecule has 3 amide bonds. The molecule has 2 atom stereocenters. The lowest BCUT2D eigenvalue weighted by Crippen LogP contribution is -2.54. The van der Waals surface area contributed by atoms with Crippen LogP contribution in [-0.4, -0.2) is 76.8 Å². The average molecular weight is 625 g/mol. The number of piperazine rings is 1. The van der Waals surface area contributed by atoms with E-state index in [9.17, 15) is 27.6 Å². The van der Waals surface area contributed by atoms with Gasteiger partial charge in [-0.3, -0.25) is 24.3 Å². The molecule has 1 aliphatic rings. The van der Waals surface area contributed by atoms with E-state index in [0.717, 1.165) is 23.9 Å². The van der Waals surface area contributed by atoms with Crippen LogP contribution in [0.5, 0.6) is 5.75 Å². The van der Waals surface area contributed by atoms with Crippen LogP contribution in [0.25, 0.3) is 0 Å². The van der Waals surface area contributed by atoms with Crippen molar-refractivity contribution in [3.63, 3.8) is 0 Å². The molecule has 1 fully saturated rings. The minimum atomic E-state index is -4.61. The molecule has 0 spiro atoms. The van der Waals surface area contributed by atoms with E-state index in [1.165, 1.54) is 25.3 Å². The first kappa shape index (κ1) is 33.1. The van der Waals surface area contributed by atoms with Crippen molar-refractivity contribution in [3.05, 3.63) is 95.0 Å². The molecule has 10 nitrogen and oxygen atoms in total. The highest BCUT2D eigenvalue weighted by Crippen LogP contribution is 2.33. The number of halogens is 3. The summed E-state index contributed by atoms with van der Waals surface area (Å²) < 4.78 is 47.3. The summed E-state index contributed by atoms with van der Waals surface area (Å²) >= 11 is 0. The number of hydrogen-bond acceptors (Lipinski definition) is 7. The molecule has 3 aromatic rings. The van der Waals surface area contributed by atoms with Gasteiger partial charge in [0.15, 0.2) is 6.10 Å². The van der Waals surface area contributed by atoms with Gasteiger partial charge in [0.25, 0.3) is 11.8 Å². The van der Waals surface area contributed by atoms with Crippen molar-refractivity contribution in [2.45, 2.75) is 39.1 Å². The number of aromatic nitrogens is 2. The van der Waals surface area contributed by atoms with Gasteiger partial charge in [0.05, 0.1) is 16.8 Å². The summed E-state index contributed by atoms with van der Waals surface area (Å²) in [4.78, 5) is 50.6. The van der Waals surface area contributed by atoms with E-state index < -0.39 is 29.7 Å².